The predicted octanol–water partition coefficient (Wildman–Crippen LogP) is 0.954. The van der Waals surface area contributed by atoms with E-state index in [9.17, 15) is 0 Å². The van der Waals surface area contributed by atoms with Crippen LogP contribution in [0, 0.1) is 0 Å². The summed E-state index contributed by atoms with van der Waals surface area (Å²) in [5.41, 5.74) is 0. The molecule has 3 rings (SSSR count). The summed E-state index contributed by atoms with van der Waals surface area (Å²) in [7, 11) is 0. The molecule has 0 spiro atoms. The molecule has 3 fully saturated rings. The first-order valence-corrected chi connectivity index (χ1v) is 3.68. The van der Waals surface area contributed by atoms with Gasteiger partial charge in [-0.1, -0.05) is 0 Å². The molecule has 9 heavy (non-hydrogen) atoms. The molecule has 52 valence electrons. The van der Waals surface area contributed by atoms with Crippen LogP contribution in [0.3, 0.4) is 0 Å². The summed E-state index contributed by atoms with van der Waals surface area (Å²) in [5, 5.41) is 0. The molecule has 2 atom stereocenters. The molecule has 0 radical (unpaired) electrons. The van der Waals surface area contributed by atoms with Crippen LogP contribution in [0.15, 0.2) is 0 Å². The Hall–Kier alpha value is -0.0800. The number of hydrogen-bond donors (Lipinski definition) is 0. The van der Waals surface area contributed by atoms with E-state index in [4.69, 9.17) is 9.47 Å². The molecular weight excluding hydrogens is 116 g/mol. The molecule has 3 aliphatic rings. The molecular formula is C7H12O2. The van der Waals surface area contributed by atoms with Gasteiger partial charge >= 0.3 is 0 Å². The van der Waals surface area contributed by atoms with Crippen LogP contribution in [0.1, 0.15) is 19.3 Å². The molecule has 2 heteroatoms. The quantitative estimate of drug-likeness (QED) is 0.483. The second-order valence-electron chi connectivity index (χ2n) is 2.81. The average molecular weight is 128 g/mol. The molecule has 2 nitrogen and oxygen atoms in total. The zero-order chi connectivity index (χ0) is 6.10. The summed E-state index contributed by atoms with van der Waals surface area (Å²) in [6.45, 7) is 1.80. The second-order valence-corrected chi connectivity index (χ2v) is 2.81. The number of rotatable bonds is 0. The van der Waals surface area contributed by atoms with Gasteiger partial charge in [-0.25, -0.2) is 0 Å². The van der Waals surface area contributed by atoms with Gasteiger partial charge in [0, 0.05) is 13.2 Å². The summed E-state index contributed by atoms with van der Waals surface area (Å²) in [6.07, 6.45) is 4.57. The van der Waals surface area contributed by atoms with Crippen molar-refractivity contribution in [1.82, 2.24) is 0 Å². The van der Waals surface area contributed by atoms with E-state index in [-0.39, 0.29) is 0 Å². The monoisotopic (exact) mass is 128 g/mol. The average Bonchev–Trinajstić information content (AvgIpc) is 1.54. The van der Waals surface area contributed by atoms with Gasteiger partial charge in [0.05, 0.1) is 12.2 Å². The van der Waals surface area contributed by atoms with Crippen LogP contribution in [-0.4, -0.2) is 25.4 Å². The Morgan fingerprint density at radius 2 is 1.56 bits per heavy atom. The van der Waals surface area contributed by atoms with E-state index >= 15 is 0 Å². The molecule has 0 aromatic carbocycles. The standard InChI is InChI=1S/C7H12O2/c1-3-8-4-2-7-5-6(1)9-7/h6-7H,1-5H2. The van der Waals surface area contributed by atoms with Crippen molar-refractivity contribution in [1.29, 1.82) is 0 Å². The van der Waals surface area contributed by atoms with Crippen molar-refractivity contribution in [2.24, 2.45) is 0 Å². The van der Waals surface area contributed by atoms with Crippen LogP contribution < -0.4 is 0 Å². The lowest BCUT2D eigenvalue weighted by molar-refractivity contribution is -0.157. The minimum Gasteiger partial charge on any atom is -0.381 e. The number of hydrogen-bond acceptors (Lipinski definition) is 2. The van der Waals surface area contributed by atoms with Crippen LogP contribution in [-0.2, 0) is 9.47 Å². The Labute approximate surface area is 55.1 Å². The minimum absolute atomic E-state index is 0.537. The van der Waals surface area contributed by atoms with E-state index in [2.05, 4.69) is 0 Å². The van der Waals surface area contributed by atoms with Gasteiger partial charge < -0.3 is 9.47 Å². The first-order valence-electron chi connectivity index (χ1n) is 3.68. The fourth-order valence-corrected chi connectivity index (χ4v) is 1.46. The van der Waals surface area contributed by atoms with Crippen molar-refractivity contribution < 1.29 is 9.47 Å². The van der Waals surface area contributed by atoms with E-state index < -0.39 is 0 Å². The third kappa shape index (κ3) is 1.10. The Morgan fingerprint density at radius 3 is 2.11 bits per heavy atom. The molecule has 0 saturated carbocycles. The van der Waals surface area contributed by atoms with Gasteiger partial charge in [-0.05, 0) is 19.3 Å². The molecule has 0 aromatic heterocycles. The molecule has 3 saturated heterocycles. The van der Waals surface area contributed by atoms with Gasteiger partial charge in [0.2, 0.25) is 0 Å². The first-order chi connectivity index (χ1) is 4.45. The fraction of sp³-hybridized carbons (Fsp3) is 1.00. The second kappa shape index (κ2) is 2.27. The molecule has 0 N–H and O–H groups in total. The van der Waals surface area contributed by atoms with E-state index in [1.807, 2.05) is 0 Å². The topological polar surface area (TPSA) is 18.5 Å². The Balaban J connectivity index is 1.85. The lowest BCUT2D eigenvalue weighted by Crippen LogP contribution is -2.40. The van der Waals surface area contributed by atoms with Crippen molar-refractivity contribution in [2.45, 2.75) is 31.5 Å². The van der Waals surface area contributed by atoms with Crippen molar-refractivity contribution >= 4 is 0 Å². The van der Waals surface area contributed by atoms with Gasteiger partial charge in [0.15, 0.2) is 0 Å². The molecule has 2 unspecified atom stereocenters. The van der Waals surface area contributed by atoms with E-state index in [1.165, 1.54) is 6.42 Å². The highest BCUT2D eigenvalue weighted by atomic mass is 16.5. The maximum absolute atomic E-state index is 5.50. The van der Waals surface area contributed by atoms with Gasteiger partial charge in [-0.2, -0.15) is 0 Å². The minimum atomic E-state index is 0.537. The molecule has 0 amide bonds. The Morgan fingerprint density at radius 1 is 1.00 bits per heavy atom. The maximum Gasteiger partial charge on any atom is 0.0625 e. The van der Waals surface area contributed by atoms with Crippen LogP contribution >= 0.6 is 0 Å². The van der Waals surface area contributed by atoms with Crippen molar-refractivity contribution in [2.75, 3.05) is 13.2 Å². The lowest BCUT2D eigenvalue weighted by atomic mass is 9.99. The van der Waals surface area contributed by atoms with Gasteiger partial charge in [-0.15, -0.1) is 0 Å². The first kappa shape index (κ1) is 5.69. The van der Waals surface area contributed by atoms with E-state index in [0.29, 0.717) is 12.2 Å². The van der Waals surface area contributed by atoms with Crippen LogP contribution in [0.4, 0.5) is 0 Å². The highest BCUT2D eigenvalue weighted by molar-refractivity contribution is 4.78. The largest absolute Gasteiger partial charge is 0.381 e. The van der Waals surface area contributed by atoms with Crippen LogP contribution in [0.25, 0.3) is 0 Å². The molecule has 3 aliphatic heterocycles. The SMILES string of the molecule is C1CC2CC(CCO1)O2. The van der Waals surface area contributed by atoms with Gasteiger partial charge in [0.25, 0.3) is 0 Å². The molecule has 0 aliphatic carbocycles. The Kier molecular flexibility index (Phi) is 1.44. The summed E-state index contributed by atoms with van der Waals surface area (Å²) in [6, 6.07) is 0. The van der Waals surface area contributed by atoms with Crippen molar-refractivity contribution in [3.05, 3.63) is 0 Å². The lowest BCUT2D eigenvalue weighted by Gasteiger charge is -2.38. The van der Waals surface area contributed by atoms with Crippen LogP contribution in [0.5, 0.6) is 0 Å². The third-order valence-electron chi connectivity index (χ3n) is 2.08. The normalized spacial score (nSPS) is 42.7. The highest BCUT2D eigenvalue weighted by Crippen LogP contribution is 2.27. The zero-order valence-electron chi connectivity index (χ0n) is 5.51. The smallest absolute Gasteiger partial charge is 0.0625 e. The summed E-state index contributed by atoms with van der Waals surface area (Å²) in [5.74, 6) is 0. The van der Waals surface area contributed by atoms with E-state index in [1.54, 1.807) is 0 Å². The highest BCUT2D eigenvalue weighted by Gasteiger charge is 2.30. The predicted molar refractivity (Wildman–Crippen MR) is 33.3 cm³/mol. The molecule has 2 bridgehead atoms. The summed E-state index contributed by atoms with van der Waals surface area (Å²) >= 11 is 0. The summed E-state index contributed by atoms with van der Waals surface area (Å²) < 4.78 is 10.8. The fourth-order valence-electron chi connectivity index (χ4n) is 1.46. The van der Waals surface area contributed by atoms with E-state index in [0.717, 1.165) is 26.1 Å². The van der Waals surface area contributed by atoms with Crippen molar-refractivity contribution in [3.63, 3.8) is 0 Å². The molecule has 3 heterocycles. The molecule has 0 aromatic rings. The van der Waals surface area contributed by atoms with Gasteiger partial charge in [-0.3, -0.25) is 0 Å². The van der Waals surface area contributed by atoms with Crippen LogP contribution in [0.2, 0.25) is 0 Å². The number of fused-ring (bicyclic) bond motifs is 4. The number of ether oxygens (including phenoxy) is 2. The maximum atomic E-state index is 5.50. The Bertz CT molecular complexity index is 81.6. The van der Waals surface area contributed by atoms with Crippen molar-refractivity contribution in [3.8, 4) is 0 Å². The summed E-state index contributed by atoms with van der Waals surface area (Å²) in [4.78, 5) is 0. The zero-order valence-corrected chi connectivity index (χ0v) is 5.51. The third-order valence-corrected chi connectivity index (χ3v) is 2.08. The van der Waals surface area contributed by atoms with Gasteiger partial charge in [0.1, 0.15) is 0 Å².